The van der Waals surface area contributed by atoms with Crippen LogP contribution in [0.4, 0.5) is 0 Å². The van der Waals surface area contributed by atoms with E-state index < -0.39 is 0 Å². The van der Waals surface area contributed by atoms with E-state index in [4.69, 9.17) is 15.0 Å². The molecule has 0 atom stereocenters. The summed E-state index contributed by atoms with van der Waals surface area (Å²) in [4.78, 5) is 16.1. The number of para-hydroxylation sites is 6. The van der Waals surface area contributed by atoms with Gasteiger partial charge in [0.05, 0.1) is 44.1 Å². The minimum atomic E-state index is 0.552. The molecule has 64 heavy (non-hydrogen) atoms. The molecule has 13 aromatic rings. The molecule has 8 aromatic carbocycles. The lowest BCUT2D eigenvalue weighted by molar-refractivity contribution is 0.871. The number of fused-ring (bicyclic) bond motifs is 12. The van der Waals surface area contributed by atoms with Gasteiger partial charge in [-0.05, 0) is 85.1 Å². The Morgan fingerprint density at radius 3 is 1.06 bits per heavy atom. The van der Waals surface area contributed by atoms with Crippen molar-refractivity contribution >= 4 is 92.8 Å². The van der Waals surface area contributed by atoms with Gasteiger partial charge in [0.2, 0.25) is 11.9 Å². The molecule has 300 valence electrons. The fourth-order valence-corrected chi connectivity index (χ4v) is 10.3. The Bertz CT molecular complexity index is 3800. The molecule has 5 aromatic heterocycles. The molecule has 0 spiro atoms. The van der Waals surface area contributed by atoms with E-state index in [1.54, 1.807) is 0 Å². The fourth-order valence-electron chi connectivity index (χ4n) is 10.3. The van der Waals surface area contributed by atoms with Crippen LogP contribution in [-0.4, -0.2) is 39.8 Å². The monoisotopic (exact) mass is 820 g/mol. The van der Waals surface area contributed by atoms with Crippen molar-refractivity contribution in [2.75, 3.05) is 6.54 Å². The third-order valence-electron chi connectivity index (χ3n) is 13.1. The van der Waals surface area contributed by atoms with Gasteiger partial charge in [0, 0.05) is 66.6 Å². The number of nitrogens with one attached hydrogen (secondary N) is 1. The second-order valence-corrected chi connectivity index (χ2v) is 16.5. The van der Waals surface area contributed by atoms with Crippen LogP contribution in [0.15, 0.2) is 200 Å². The molecule has 0 saturated heterocycles. The molecule has 6 heterocycles. The van der Waals surface area contributed by atoms with Crippen molar-refractivity contribution in [3.8, 4) is 23.3 Å². The maximum absolute atomic E-state index is 5.45. The first kappa shape index (κ1) is 34.9. The largest absolute Gasteiger partial charge is 0.387 e. The predicted molar refractivity (Wildman–Crippen MR) is 262 cm³/mol. The van der Waals surface area contributed by atoms with Crippen molar-refractivity contribution < 1.29 is 0 Å². The number of aromatic nitrogens is 7. The van der Waals surface area contributed by atoms with Gasteiger partial charge in [-0.15, -0.1) is 0 Å². The molecule has 0 unspecified atom stereocenters. The highest BCUT2D eigenvalue weighted by molar-refractivity contribution is 6.14. The molecule has 0 radical (unpaired) electrons. The van der Waals surface area contributed by atoms with E-state index in [2.05, 4.69) is 212 Å². The maximum atomic E-state index is 5.45. The van der Waals surface area contributed by atoms with Gasteiger partial charge >= 0.3 is 0 Å². The molecule has 0 saturated carbocycles. The van der Waals surface area contributed by atoms with Gasteiger partial charge in [0.25, 0.3) is 0 Å². The van der Waals surface area contributed by atoms with Crippen molar-refractivity contribution in [2.24, 2.45) is 0 Å². The lowest BCUT2D eigenvalue weighted by atomic mass is 10.1. The fraction of sp³-hybridized carbons (Fsp3) is 0.0179. The summed E-state index contributed by atoms with van der Waals surface area (Å²) < 4.78 is 9.16. The molecule has 0 aliphatic carbocycles. The molecule has 0 amide bonds. The molecule has 1 aliphatic heterocycles. The van der Waals surface area contributed by atoms with Gasteiger partial charge in [-0.1, -0.05) is 115 Å². The van der Waals surface area contributed by atoms with Crippen LogP contribution in [0.3, 0.4) is 0 Å². The number of nitrogens with zero attached hydrogens (tertiary/aromatic N) is 7. The first-order chi connectivity index (χ1) is 31.8. The lowest BCUT2D eigenvalue weighted by Gasteiger charge is -2.14. The van der Waals surface area contributed by atoms with E-state index in [1.165, 1.54) is 43.6 Å². The van der Waals surface area contributed by atoms with E-state index in [1.807, 2.05) is 12.3 Å². The van der Waals surface area contributed by atoms with E-state index >= 15 is 0 Å². The second-order valence-electron chi connectivity index (χ2n) is 16.5. The van der Waals surface area contributed by atoms with Crippen LogP contribution in [0.5, 0.6) is 0 Å². The van der Waals surface area contributed by atoms with Gasteiger partial charge in [0.15, 0.2) is 5.82 Å². The van der Waals surface area contributed by atoms with E-state index in [0.717, 1.165) is 60.6 Å². The highest BCUT2D eigenvalue weighted by Crippen LogP contribution is 2.39. The third-order valence-corrected chi connectivity index (χ3v) is 13.1. The Balaban J connectivity index is 1.01. The minimum absolute atomic E-state index is 0.552. The normalized spacial score (nSPS) is 13.1. The van der Waals surface area contributed by atoms with Crippen LogP contribution >= 0.6 is 0 Å². The summed E-state index contributed by atoms with van der Waals surface area (Å²) >= 11 is 0. The Hall–Kier alpha value is -8.75. The van der Waals surface area contributed by atoms with Crippen molar-refractivity contribution in [1.82, 2.24) is 38.5 Å². The molecule has 0 bridgehead atoms. The number of allylic oxidation sites excluding steroid dienone is 2. The van der Waals surface area contributed by atoms with Gasteiger partial charge in [-0.2, -0.15) is 15.0 Å². The summed E-state index contributed by atoms with van der Waals surface area (Å²) in [5.41, 5.74) is 11.9. The van der Waals surface area contributed by atoms with Crippen molar-refractivity contribution in [2.45, 2.75) is 0 Å². The van der Waals surface area contributed by atoms with Gasteiger partial charge in [-0.3, -0.25) is 9.13 Å². The average Bonchev–Trinajstić information content (AvgIpc) is 4.09. The molecule has 8 heteroatoms. The number of dihydropyridines is 1. The molecule has 1 N–H and O–H groups in total. The molecular weight excluding hydrogens is 785 g/mol. The maximum Gasteiger partial charge on any atom is 0.240 e. The first-order valence-corrected chi connectivity index (χ1v) is 21.7. The molecule has 8 nitrogen and oxygen atoms in total. The smallest absolute Gasteiger partial charge is 0.240 e. The summed E-state index contributed by atoms with van der Waals surface area (Å²) in [6.45, 7) is 0.685. The highest BCUT2D eigenvalue weighted by Gasteiger charge is 2.23. The van der Waals surface area contributed by atoms with Gasteiger partial charge < -0.3 is 14.5 Å². The third kappa shape index (κ3) is 4.96. The molecule has 14 rings (SSSR count). The SMILES string of the molecule is C1=CC(c2nc(-n3c4ccccc4c4cc(-n5c6ccccc6c6ccccc65)ccc43)nc(-n3c4ccccc4c4cc(-n5c6ccccc6c6ccccc65)ccc43)n2)=CCN1. The summed E-state index contributed by atoms with van der Waals surface area (Å²) in [7, 11) is 0. The lowest BCUT2D eigenvalue weighted by Crippen LogP contribution is -2.14. The number of rotatable bonds is 5. The van der Waals surface area contributed by atoms with Crippen molar-refractivity contribution in [3.63, 3.8) is 0 Å². The standard InChI is InChI=1S/C56H36N8/c1-7-19-46-38(13-1)39-14-2-8-20-47(39)61(46)36-25-27-52-44(33-36)42-17-5-11-23-50(42)63(52)55-58-54(35-29-31-57-32-30-35)59-56(60-55)64-51-24-12-6-18-43(51)45-34-37(26-28-53(45)64)62-48-21-9-3-15-40(48)41-16-4-10-22-49(41)62/h1-31,33-34,57H,32H2. The topological polar surface area (TPSA) is 70.4 Å². The van der Waals surface area contributed by atoms with E-state index in [-0.39, 0.29) is 0 Å². The summed E-state index contributed by atoms with van der Waals surface area (Å²) in [5, 5.41) is 12.7. The van der Waals surface area contributed by atoms with Gasteiger partial charge in [0.1, 0.15) is 0 Å². The van der Waals surface area contributed by atoms with Crippen molar-refractivity contribution in [3.05, 3.63) is 206 Å². The number of hydrogen-bond donors (Lipinski definition) is 1. The summed E-state index contributed by atoms with van der Waals surface area (Å²) in [6, 6.07) is 65.3. The molecule has 1 aliphatic rings. The number of benzene rings is 8. The molecular formula is C56H36N8. The Labute approximate surface area is 365 Å². The zero-order valence-corrected chi connectivity index (χ0v) is 34.4. The summed E-state index contributed by atoms with van der Waals surface area (Å²) in [6.07, 6.45) is 6.14. The minimum Gasteiger partial charge on any atom is -0.387 e. The van der Waals surface area contributed by atoms with Crippen LogP contribution in [0.2, 0.25) is 0 Å². The van der Waals surface area contributed by atoms with Gasteiger partial charge in [-0.25, -0.2) is 0 Å². The number of hydrogen-bond acceptors (Lipinski definition) is 4. The average molecular weight is 821 g/mol. The first-order valence-electron chi connectivity index (χ1n) is 21.7. The molecule has 0 fully saturated rings. The van der Waals surface area contributed by atoms with E-state index in [9.17, 15) is 0 Å². The summed E-state index contributed by atoms with van der Waals surface area (Å²) in [5.74, 6) is 1.71. The Morgan fingerprint density at radius 2 is 0.688 bits per heavy atom. The quantitative estimate of drug-likeness (QED) is 0.188. The van der Waals surface area contributed by atoms with Crippen molar-refractivity contribution in [1.29, 1.82) is 0 Å². The van der Waals surface area contributed by atoms with Crippen LogP contribution in [0.25, 0.3) is 116 Å². The predicted octanol–water partition coefficient (Wildman–Crippen LogP) is 12.8. The van der Waals surface area contributed by atoms with E-state index in [0.29, 0.717) is 24.3 Å². The van der Waals surface area contributed by atoms with Crippen LogP contribution in [0.1, 0.15) is 5.82 Å². The zero-order valence-electron chi connectivity index (χ0n) is 34.4. The second kappa shape index (κ2) is 13.4. The Kier molecular flexibility index (Phi) is 7.29. The highest BCUT2D eigenvalue weighted by atomic mass is 15.3. The Morgan fingerprint density at radius 1 is 0.344 bits per heavy atom. The van der Waals surface area contributed by atoms with Crippen LogP contribution < -0.4 is 5.32 Å². The zero-order chi connectivity index (χ0) is 41.9. The van der Waals surface area contributed by atoms with Crippen LogP contribution in [-0.2, 0) is 0 Å². The van der Waals surface area contributed by atoms with Crippen LogP contribution in [0, 0.1) is 0 Å².